The first-order valence-electron chi connectivity index (χ1n) is 5.33. The van der Waals surface area contributed by atoms with E-state index in [1.807, 2.05) is 37.3 Å². The second-order valence-corrected chi connectivity index (χ2v) is 3.45. The van der Waals surface area contributed by atoms with E-state index in [1.54, 1.807) is 0 Å². The molecule has 5 nitrogen and oxygen atoms in total. The molecule has 0 radical (unpaired) electrons. The van der Waals surface area contributed by atoms with Crippen molar-refractivity contribution in [1.82, 2.24) is 9.97 Å². The summed E-state index contributed by atoms with van der Waals surface area (Å²) in [4.78, 5) is 8.02. The number of nitrogens with zero attached hydrogens (tertiary/aromatic N) is 2. The number of benzene rings is 1. The van der Waals surface area contributed by atoms with E-state index >= 15 is 0 Å². The highest BCUT2D eigenvalue weighted by Crippen LogP contribution is 2.33. The van der Waals surface area contributed by atoms with Gasteiger partial charge in [-0.05, 0) is 12.5 Å². The lowest BCUT2D eigenvalue weighted by Crippen LogP contribution is -2.06. The highest BCUT2D eigenvalue weighted by atomic mass is 16.5. The molecule has 0 saturated carbocycles. The zero-order chi connectivity index (χ0) is 12.3. The van der Waals surface area contributed by atoms with Gasteiger partial charge in [0.05, 0.1) is 12.2 Å². The predicted octanol–water partition coefficient (Wildman–Crippen LogP) is 1.71. The van der Waals surface area contributed by atoms with E-state index in [4.69, 9.17) is 16.2 Å². The topological polar surface area (TPSA) is 87.0 Å². The summed E-state index contributed by atoms with van der Waals surface area (Å²) in [6, 6.07) is 9.61. The third kappa shape index (κ3) is 2.28. The maximum absolute atomic E-state index is 5.87. The molecule has 5 heteroatoms. The van der Waals surface area contributed by atoms with Gasteiger partial charge < -0.3 is 16.2 Å². The molecule has 17 heavy (non-hydrogen) atoms. The average molecular weight is 230 g/mol. The Kier molecular flexibility index (Phi) is 3.09. The van der Waals surface area contributed by atoms with Crippen LogP contribution in [0.25, 0.3) is 11.1 Å². The smallest absolute Gasteiger partial charge is 0.228 e. The van der Waals surface area contributed by atoms with Crippen LogP contribution in [0, 0.1) is 0 Å². The van der Waals surface area contributed by atoms with Crippen LogP contribution in [0.15, 0.2) is 30.3 Å². The van der Waals surface area contributed by atoms with Crippen LogP contribution < -0.4 is 16.2 Å². The summed E-state index contributed by atoms with van der Waals surface area (Å²) >= 11 is 0. The Balaban J connectivity index is 2.59. The van der Waals surface area contributed by atoms with E-state index < -0.39 is 0 Å². The van der Waals surface area contributed by atoms with Gasteiger partial charge in [0.25, 0.3) is 0 Å². The molecule has 4 N–H and O–H groups in total. The minimum absolute atomic E-state index is 0.116. The first-order valence-corrected chi connectivity index (χ1v) is 5.33. The van der Waals surface area contributed by atoms with Crippen LogP contribution in [-0.2, 0) is 0 Å². The van der Waals surface area contributed by atoms with Crippen molar-refractivity contribution in [3.63, 3.8) is 0 Å². The Labute approximate surface area is 99.5 Å². The third-order valence-corrected chi connectivity index (χ3v) is 2.26. The molecule has 0 fully saturated rings. The van der Waals surface area contributed by atoms with Gasteiger partial charge in [0, 0.05) is 0 Å². The first-order chi connectivity index (χ1) is 8.22. The number of aromatic nitrogens is 2. The maximum Gasteiger partial charge on any atom is 0.228 e. The van der Waals surface area contributed by atoms with Crippen molar-refractivity contribution in [1.29, 1.82) is 0 Å². The number of hydrogen-bond donors (Lipinski definition) is 2. The van der Waals surface area contributed by atoms with Gasteiger partial charge in [-0.3, -0.25) is 0 Å². The highest BCUT2D eigenvalue weighted by molar-refractivity contribution is 5.78. The standard InChI is InChI=1S/C12H14N4O/c1-2-17-11-9(8-6-4-3-5-7-8)10(13)15-12(14)16-11/h3-7H,2H2,1H3,(H4,13,14,15,16). The van der Waals surface area contributed by atoms with Gasteiger partial charge in [-0.1, -0.05) is 30.3 Å². The van der Waals surface area contributed by atoms with Gasteiger partial charge in [-0.15, -0.1) is 0 Å². The lowest BCUT2D eigenvalue weighted by atomic mass is 10.1. The Hall–Kier alpha value is -2.30. The molecule has 0 aliphatic carbocycles. The van der Waals surface area contributed by atoms with Crippen molar-refractivity contribution < 1.29 is 4.74 Å². The molecule has 88 valence electrons. The molecule has 1 heterocycles. The predicted molar refractivity (Wildman–Crippen MR) is 67.5 cm³/mol. The van der Waals surface area contributed by atoms with E-state index in [1.165, 1.54) is 0 Å². The number of nitrogen functional groups attached to an aromatic ring is 2. The number of ether oxygens (including phenoxy) is 1. The summed E-state index contributed by atoms with van der Waals surface area (Å²) in [5.74, 6) is 0.862. The largest absolute Gasteiger partial charge is 0.477 e. The third-order valence-electron chi connectivity index (χ3n) is 2.26. The number of rotatable bonds is 3. The summed E-state index contributed by atoms with van der Waals surface area (Å²) in [6.07, 6.45) is 0. The summed E-state index contributed by atoms with van der Waals surface area (Å²) < 4.78 is 5.44. The molecule has 0 saturated heterocycles. The van der Waals surface area contributed by atoms with Crippen molar-refractivity contribution in [2.45, 2.75) is 6.92 Å². The monoisotopic (exact) mass is 230 g/mol. The van der Waals surface area contributed by atoms with Crippen LogP contribution >= 0.6 is 0 Å². The number of anilines is 2. The van der Waals surface area contributed by atoms with Gasteiger partial charge in [0.15, 0.2) is 0 Å². The summed E-state index contributed by atoms with van der Waals surface area (Å²) in [5.41, 5.74) is 13.0. The maximum atomic E-state index is 5.87. The molecule has 0 amide bonds. The molecule has 0 bridgehead atoms. The van der Waals surface area contributed by atoms with Crippen molar-refractivity contribution in [2.75, 3.05) is 18.1 Å². The fourth-order valence-electron chi connectivity index (χ4n) is 1.59. The summed E-state index contributed by atoms with van der Waals surface area (Å²) in [7, 11) is 0. The van der Waals surface area contributed by atoms with Crippen LogP contribution in [0.4, 0.5) is 11.8 Å². The fraction of sp³-hybridized carbons (Fsp3) is 0.167. The molecule has 0 aliphatic heterocycles. The Morgan fingerprint density at radius 2 is 1.82 bits per heavy atom. The quantitative estimate of drug-likeness (QED) is 0.838. The van der Waals surface area contributed by atoms with Crippen LogP contribution in [0.1, 0.15) is 6.92 Å². The van der Waals surface area contributed by atoms with Gasteiger partial charge in [-0.2, -0.15) is 9.97 Å². The van der Waals surface area contributed by atoms with Gasteiger partial charge >= 0.3 is 0 Å². The highest BCUT2D eigenvalue weighted by Gasteiger charge is 2.14. The van der Waals surface area contributed by atoms with Crippen molar-refractivity contribution in [3.05, 3.63) is 30.3 Å². The molecule has 2 rings (SSSR count). The second kappa shape index (κ2) is 4.69. The lowest BCUT2D eigenvalue weighted by molar-refractivity contribution is 0.328. The lowest BCUT2D eigenvalue weighted by Gasteiger charge is -2.11. The van der Waals surface area contributed by atoms with Crippen molar-refractivity contribution in [3.8, 4) is 17.0 Å². The zero-order valence-corrected chi connectivity index (χ0v) is 9.55. The Bertz CT molecular complexity index is 513. The zero-order valence-electron chi connectivity index (χ0n) is 9.55. The van der Waals surface area contributed by atoms with E-state index in [2.05, 4.69) is 9.97 Å². The SMILES string of the molecule is CCOc1nc(N)nc(N)c1-c1ccccc1. The normalized spacial score (nSPS) is 10.2. The number of hydrogen-bond acceptors (Lipinski definition) is 5. The van der Waals surface area contributed by atoms with Crippen LogP contribution in [-0.4, -0.2) is 16.6 Å². The van der Waals surface area contributed by atoms with Gasteiger partial charge in [0.2, 0.25) is 11.8 Å². The minimum atomic E-state index is 0.116. The van der Waals surface area contributed by atoms with E-state index in [0.717, 1.165) is 5.56 Å². The molecule has 0 atom stereocenters. The molecular weight excluding hydrogens is 216 g/mol. The molecular formula is C12H14N4O. The first kappa shape index (κ1) is 11.2. The molecule has 1 aromatic carbocycles. The summed E-state index contributed by atoms with van der Waals surface area (Å²) in [6.45, 7) is 2.37. The van der Waals surface area contributed by atoms with Crippen LogP contribution in [0.3, 0.4) is 0 Å². The Morgan fingerprint density at radius 1 is 1.12 bits per heavy atom. The molecule has 0 spiro atoms. The van der Waals surface area contributed by atoms with Gasteiger partial charge in [0.1, 0.15) is 5.82 Å². The molecule has 0 aliphatic rings. The summed E-state index contributed by atoms with van der Waals surface area (Å²) in [5, 5.41) is 0. The van der Waals surface area contributed by atoms with Gasteiger partial charge in [-0.25, -0.2) is 0 Å². The molecule has 2 aromatic rings. The molecule has 0 unspecified atom stereocenters. The molecule has 1 aromatic heterocycles. The van der Waals surface area contributed by atoms with E-state index in [9.17, 15) is 0 Å². The van der Waals surface area contributed by atoms with Crippen molar-refractivity contribution in [2.24, 2.45) is 0 Å². The van der Waals surface area contributed by atoms with E-state index in [-0.39, 0.29) is 5.95 Å². The Morgan fingerprint density at radius 3 is 2.47 bits per heavy atom. The fourth-order valence-corrected chi connectivity index (χ4v) is 1.59. The van der Waals surface area contributed by atoms with Crippen LogP contribution in [0.2, 0.25) is 0 Å². The second-order valence-electron chi connectivity index (χ2n) is 3.45. The number of nitrogens with two attached hydrogens (primary N) is 2. The van der Waals surface area contributed by atoms with E-state index in [0.29, 0.717) is 23.9 Å². The minimum Gasteiger partial charge on any atom is -0.477 e. The van der Waals surface area contributed by atoms with Crippen molar-refractivity contribution >= 4 is 11.8 Å². The average Bonchev–Trinajstić information content (AvgIpc) is 2.30. The van der Waals surface area contributed by atoms with Crippen LogP contribution in [0.5, 0.6) is 5.88 Å².